The number of hydrogen-bond donors (Lipinski definition) is 3. The largest absolute Gasteiger partial charge is 0.492 e. The minimum atomic E-state index is -0.793. The monoisotopic (exact) mass is 1140 g/mol. The predicted molar refractivity (Wildman–Crippen MR) is 306 cm³/mol. The number of nitrogens with zero attached hydrogens (tertiary/aromatic N) is 8. The number of unbranched alkanes of at least 4 members (excludes halogenated alkanes) is 11. The number of carbonyl (C=O) groups is 6. The van der Waals surface area contributed by atoms with E-state index in [1.165, 1.54) is 36.8 Å². The first-order valence-corrected chi connectivity index (χ1v) is 29.5. The van der Waals surface area contributed by atoms with Crippen LogP contribution in [0.4, 0.5) is 14.6 Å². The average Bonchev–Trinajstić information content (AvgIpc) is 4.20. The van der Waals surface area contributed by atoms with E-state index in [0.717, 1.165) is 86.5 Å². The number of amides is 6. The number of aromatic nitrogens is 3. The molecule has 0 aliphatic carbocycles. The lowest BCUT2D eigenvalue weighted by Crippen LogP contribution is -2.62. The van der Waals surface area contributed by atoms with Crippen LogP contribution >= 0.6 is 0 Å². The quantitative estimate of drug-likeness (QED) is 0.0337. The van der Waals surface area contributed by atoms with Gasteiger partial charge in [0.25, 0.3) is 17.7 Å². The lowest BCUT2D eigenvalue weighted by Gasteiger charge is -2.46. The number of fused-ring (bicyclic) bond motifs is 2. The van der Waals surface area contributed by atoms with Gasteiger partial charge in [-0.15, -0.1) is 0 Å². The molecule has 3 aromatic heterocycles. The van der Waals surface area contributed by atoms with E-state index in [9.17, 15) is 42.8 Å². The van der Waals surface area contributed by atoms with Crippen molar-refractivity contribution in [1.29, 1.82) is 5.26 Å². The number of pyridine rings is 2. The Morgan fingerprint density at radius 3 is 2.24 bits per heavy atom. The van der Waals surface area contributed by atoms with Crippen LogP contribution in [0.5, 0.6) is 11.5 Å². The number of rotatable bonds is 27. The fourth-order valence-electron chi connectivity index (χ4n) is 11.9. The predicted octanol–water partition coefficient (Wildman–Crippen LogP) is 7.89. The van der Waals surface area contributed by atoms with Gasteiger partial charge in [-0.1, -0.05) is 70.3 Å². The number of benzene rings is 2. The molecule has 3 fully saturated rings. The van der Waals surface area contributed by atoms with Crippen molar-refractivity contribution in [1.82, 2.24) is 45.2 Å². The van der Waals surface area contributed by atoms with Crippen LogP contribution in [0.15, 0.2) is 73.2 Å². The zero-order valence-electron chi connectivity index (χ0n) is 47.4. The second-order valence-corrected chi connectivity index (χ2v) is 22.2. The summed E-state index contributed by atoms with van der Waals surface area (Å²) in [6.45, 7) is 6.89. The molecule has 2 aromatic carbocycles. The molecule has 7 heterocycles. The van der Waals surface area contributed by atoms with E-state index in [2.05, 4.69) is 36.9 Å². The van der Waals surface area contributed by atoms with Crippen LogP contribution in [-0.4, -0.2) is 142 Å². The molecule has 0 bridgehead atoms. The first kappa shape index (κ1) is 59.6. The van der Waals surface area contributed by atoms with Gasteiger partial charge in [0.15, 0.2) is 6.61 Å². The third-order valence-corrected chi connectivity index (χ3v) is 16.5. The van der Waals surface area contributed by atoms with Gasteiger partial charge in [-0.2, -0.15) is 10.4 Å². The zero-order chi connectivity index (χ0) is 58.3. The Labute approximate surface area is 483 Å². The Balaban J connectivity index is 0.629. The van der Waals surface area contributed by atoms with Crippen molar-refractivity contribution < 1.29 is 47.0 Å². The second-order valence-electron chi connectivity index (χ2n) is 22.2. The maximum atomic E-state index is 14.9. The molecular formula is C62H75F2N11O8. The van der Waals surface area contributed by atoms with Crippen molar-refractivity contribution in [3.8, 4) is 28.7 Å². The molecule has 5 aromatic rings. The summed E-state index contributed by atoms with van der Waals surface area (Å²) in [5.74, 6) is -1.55. The van der Waals surface area contributed by atoms with Gasteiger partial charge in [-0.05, 0) is 87.6 Å². The highest BCUT2D eigenvalue weighted by Gasteiger charge is 2.41. The van der Waals surface area contributed by atoms with E-state index in [0.29, 0.717) is 112 Å². The first-order valence-electron chi connectivity index (χ1n) is 29.5. The van der Waals surface area contributed by atoms with Crippen molar-refractivity contribution in [3.05, 3.63) is 107 Å². The van der Waals surface area contributed by atoms with Crippen molar-refractivity contribution in [2.45, 2.75) is 134 Å². The summed E-state index contributed by atoms with van der Waals surface area (Å²) in [4.78, 5) is 89.3. The van der Waals surface area contributed by atoms with Crippen LogP contribution in [0.25, 0.3) is 16.6 Å². The summed E-state index contributed by atoms with van der Waals surface area (Å²) in [5.41, 5.74) is 2.62. The number of halogens is 2. The SMILES string of the molecule is CCOc1cc(-c2ccc(N3CCC(CN4CCN(C(=O)CCCCCCCCCCCCCCNC(=O)COc5cccc6c5CN(C5CCC(=O)NC5=O)C6=O)CC4)(NC(=O)c4cc(F)ccc4F)CC3)nc2)c2c(C#N)cnn2c1. The topological polar surface area (TPSA) is 224 Å². The normalized spacial score (nSPS) is 17.1. The third-order valence-electron chi connectivity index (χ3n) is 16.5. The van der Waals surface area contributed by atoms with Crippen molar-refractivity contribution in [3.63, 3.8) is 0 Å². The first-order chi connectivity index (χ1) is 40.3. The highest BCUT2D eigenvalue weighted by Crippen LogP contribution is 2.35. The molecule has 4 aliphatic heterocycles. The van der Waals surface area contributed by atoms with E-state index in [1.54, 1.807) is 35.1 Å². The van der Waals surface area contributed by atoms with E-state index in [-0.39, 0.29) is 55.2 Å². The summed E-state index contributed by atoms with van der Waals surface area (Å²) >= 11 is 0. The summed E-state index contributed by atoms with van der Waals surface area (Å²) in [5, 5.41) is 22.5. The molecular weight excluding hydrogens is 1060 g/mol. The molecule has 83 heavy (non-hydrogen) atoms. The van der Waals surface area contributed by atoms with Gasteiger partial charge < -0.3 is 34.8 Å². The van der Waals surface area contributed by atoms with E-state index in [1.807, 2.05) is 30.0 Å². The fraction of sp³-hybridized carbons (Fsp3) is 0.500. The Morgan fingerprint density at radius 2 is 1.55 bits per heavy atom. The number of nitriles is 1. The van der Waals surface area contributed by atoms with Crippen LogP contribution in [0.3, 0.4) is 0 Å². The molecule has 21 heteroatoms. The molecule has 4 aliphatic rings. The number of hydrogen-bond acceptors (Lipinski definition) is 13. The van der Waals surface area contributed by atoms with E-state index >= 15 is 0 Å². The molecule has 6 amide bonds. The summed E-state index contributed by atoms with van der Waals surface area (Å²) in [6, 6.07) is 15.3. The van der Waals surface area contributed by atoms with Gasteiger partial charge >= 0.3 is 0 Å². The molecule has 3 saturated heterocycles. The summed E-state index contributed by atoms with van der Waals surface area (Å²) < 4.78 is 42.4. The Hall–Kier alpha value is -7.99. The van der Waals surface area contributed by atoms with Crippen LogP contribution in [0.1, 0.15) is 148 Å². The average molecular weight is 1140 g/mol. The highest BCUT2D eigenvalue weighted by atomic mass is 19.1. The minimum absolute atomic E-state index is 0.160. The molecule has 0 saturated carbocycles. The third kappa shape index (κ3) is 15.2. The van der Waals surface area contributed by atoms with Crippen LogP contribution < -0.4 is 30.3 Å². The smallest absolute Gasteiger partial charge is 0.257 e. The number of anilines is 1. The van der Waals surface area contributed by atoms with E-state index in [4.69, 9.17) is 14.5 Å². The van der Waals surface area contributed by atoms with Crippen LogP contribution in [0, 0.1) is 23.0 Å². The van der Waals surface area contributed by atoms with Crippen molar-refractivity contribution >= 4 is 46.8 Å². The van der Waals surface area contributed by atoms with Gasteiger partial charge in [0.1, 0.15) is 41.1 Å². The molecule has 9 rings (SSSR count). The standard InChI is InChI=1S/C62H75F2N11O8/c1-2-82-46-35-48(58-44(36-65)38-68-75(58)39-46)43-19-23-54(67-37-43)72-28-25-62(26-29-72,70-59(79)49-34-45(63)20-21-51(49)64)42-71-30-32-73(33-31-71)57(78)18-13-11-9-7-5-3-4-6-8-10-12-14-27-66-56(77)41-83-53-17-15-16-47-50(53)40-74(61(47)81)52-22-24-55(76)69-60(52)80/h15-17,19-21,23,34-35,37-39,52H,2-14,18,22,24-33,40-42H2,1H3,(H,66,77)(H,70,79)(H,69,76,80). The molecule has 440 valence electrons. The Morgan fingerprint density at radius 1 is 0.831 bits per heavy atom. The van der Waals surface area contributed by atoms with E-state index < -0.39 is 35.0 Å². The Kier molecular flexibility index (Phi) is 20.4. The fourth-order valence-corrected chi connectivity index (χ4v) is 11.9. The minimum Gasteiger partial charge on any atom is -0.492 e. The molecule has 3 N–H and O–H groups in total. The van der Waals surface area contributed by atoms with Gasteiger partial charge in [-0.3, -0.25) is 39.0 Å². The number of imide groups is 1. The molecule has 19 nitrogen and oxygen atoms in total. The van der Waals surface area contributed by atoms with Crippen molar-refractivity contribution in [2.75, 3.05) is 70.5 Å². The number of piperidine rings is 2. The molecule has 1 unspecified atom stereocenters. The Bertz CT molecular complexity index is 3170. The number of carbonyl (C=O) groups excluding carboxylic acids is 6. The molecule has 1 atom stereocenters. The van der Waals surface area contributed by atoms with Gasteiger partial charge in [-0.25, -0.2) is 18.3 Å². The molecule has 0 radical (unpaired) electrons. The second kappa shape index (κ2) is 28.3. The molecule has 0 spiro atoms. The van der Waals surface area contributed by atoms with Crippen LogP contribution in [0.2, 0.25) is 0 Å². The number of piperazine rings is 1. The number of ether oxygens (including phenoxy) is 2. The van der Waals surface area contributed by atoms with Gasteiger partial charge in [0.2, 0.25) is 17.7 Å². The van der Waals surface area contributed by atoms with Crippen molar-refractivity contribution in [2.24, 2.45) is 0 Å². The van der Waals surface area contributed by atoms with Gasteiger partial charge in [0.05, 0.1) is 47.7 Å². The highest BCUT2D eigenvalue weighted by molar-refractivity contribution is 6.05. The van der Waals surface area contributed by atoms with Crippen LogP contribution in [-0.2, 0) is 25.7 Å². The maximum Gasteiger partial charge on any atom is 0.257 e. The lowest BCUT2D eigenvalue weighted by molar-refractivity contribution is -0.137. The zero-order valence-corrected chi connectivity index (χ0v) is 47.4. The summed E-state index contributed by atoms with van der Waals surface area (Å²) in [6.07, 6.45) is 20.1. The maximum absolute atomic E-state index is 14.9. The van der Waals surface area contributed by atoms with Gasteiger partial charge in [0, 0.05) is 93.7 Å². The number of nitrogens with one attached hydrogen (secondary N) is 3. The summed E-state index contributed by atoms with van der Waals surface area (Å²) in [7, 11) is 0. The lowest BCUT2D eigenvalue weighted by atomic mass is 9.86.